The van der Waals surface area contributed by atoms with Crippen molar-refractivity contribution in [1.82, 2.24) is 9.88 Å². The zero-order valence-electron chi connectivity index (χ0n) is 20.6. The average molecular weight is 548 g/mol. The second-order valence-corrected chi connectivity index (χ2v) is 14.8. The van der Waals surface area contributed by atoms with E-state index in [1.54, 1.807) is 31.2 Å². The first-order chi connectivity index (χ1) is 16.8. The predicted molar refractivity (Wildman–Crippen MR) is 140 cm³/mol. The number of aromatic nitrogens is 1. The van der Waals surface area contributed by atoms with Crippen LogP contribution in [0.15, 0.2) is 58.3 Å². The average Bonchev–Trinajstić information content (AvgIpc) is 3.30. The molecule has 4 rings (SSSR count). The molecule has 1 aliphatic rings. The Hall–Kier alpha value is -2.60. The highest BCUT2D eigenvalue weighted by atomic mass is 32.2. The van der Waals surface area contributed by atoms with Crippen molar-refractivity contribution in [1.29, 1.82) is 0 Å². The largest absolute Gasteiger partial charge is 0.302 e. The van der Waals surface area contributed by atoms with Crippen molar-refractivity contribution < 1.29 is 21.6 Å². The van der Waals surface area contributed by atoms with Gasteiger partial charge in [-0.25, -0.2) is 21.8 Å². The number of carbonyl (C=O) groups excluding carboxylic acids is 1. The molecule has 8 nitrogen and oxygen atoms in total. The Kier molecular flexibility index (Phi) is 7.13. The molecular formula is C25H29N3O5S3. The minimum absolute atomic E-state index is 0.0325. The monoisotopic (exact) mass is 547 g/mol. The molecular weight excluding hydrogens is 518 g/mol. The molecule has 0 saturated heterocycles. The fraction of sp³-hybridized carbons (Fsp3) is 0.360. The topological polar surface area (TPSA) is 114 Å². The number of sulfone groups is 2. The molecule has 0 atom stereocenters. The SMILES string of the molecule is CCS(=O)(=O)c1ccc(CC(=O)Nc2nc3c(s2)CN(Cc2ccc(S(C)(=O)=O)cc2)C3(C)C)cc1. The Labute approximate surface area is 216 Å². The number of hydrogen-bond donors (Lipinski definition) is 1. The van der Waals surface area contributed by atoms with E-state index in [0.717, 1.165) is 21.7 Å². The number of nitrogens with one attached hydrogen (secondary N) is 1. The van der Waals surface area contributed by atoms with E-state index in [1.165, 1.54) is 29.7 Å². The lowest BCUT2D eigenvalue weighted by Gasteiger charge is -2.31. The van der Waals surface area contributed by atoms with E-state index in [-0.39, 0.29) is 28.5 Å². The Morgan fingerprint density at radius 2 is 1.58 bits per heavy atom. The number of thiazole rings is 1. The highest BCUT2D eigenvalue weighted by Crippen LogP contribution is 2.43. The van der Waals surface area contributed by atoms with Crippen LogP contribution in [0.5, 0.6) is 0 Å². The van der Waals surface area contributed by atoms with Crippen molar-refractivity contribution in [3.8, 4) is 0 Å². The first-order valence-corrected chi connectivity index (χ1v) is 15.8. The molecule has 1 amide bonds. The maximum absolute atomic E-state index is 12.6. The van der Waals surface area contributed by atoms with Crippen LogP contribution in [-0.4, -0.2) is 44.6 Å². The normalized spacial score (nSPS) is 15.6. The van der Waals surface area contributed by atoms with Gasteiger partial charge in [0.2, 0.25) is 5.91 Å². The van der Waals surface area contributed by atoms with Gasteiger partial charge in [-0.1, -0.05) is 42.5 Å². The van der Waals surface area contributed by atoms with Crippen LogP contribution >= 0.6 is 11.3 Å². The van der Waals surface area contributed by atoms with Gasteiger partial charge in [-0.2, -0.15) is 0 Å². The van der Waals surface area contributed by atoms with Crippen molar-refractivity contribution >= 4 is 42.1 Å². The number of benzene rings is 2. The third-order valence-electron chi connectivity index (χ3n) is 6.40. The van der Waals surface area contributed by atoms with Crippen molar-refractivity contribution in [3.63, 3.8) is 0 Å². The van der Waals surface area contributed by atoms with Gasteiger partial charge in [0, 0.05) is 24.2 Å². The van der Waals surface area contributed by atoms with E-state index in [0.29, 0.717) is 23.1 Å². The summed E-state index contributed by atoms with van der Waals surface area (Å²) in [4.78, 5) is 21.2. The van der Waals surface area contributed by atoms with Gasteiger partial charge >= 0.3 is 0 Å². The first kappa shape index (κ1) is 26.5. The van der Waals surface area contributed by atoms with Crippen molar-refractivity contribution in [3.05, 3.63) is 70.2 Å². The van der Waals surface area contributed by atoms with Crippen LogP contribution in [0.2, 0.25) is 0 Å². The fourth-order valence-corrected chi connectivity index (χ4v) is 6.82. The molecule has 1 N–H and O–H groups in total. The summed E-state index contributed by atoms with van der Waals surface area (Å²) in [5.74, 6) is -0.181. The lowest BCUT2D eigenvalue weighted by Crippen LogP contribution is -2.35. The Morgan fingerprint density at radius 1 is 1.00 bits per heavy atom. The quantitative estimate of drug-likeness (QED) is 0.457. The number of hydrogen-bond acceptors (Lipinski definition) is 8. The summed E-state index contributed by atoms with van der Waals surface area (Å²) >= 11 is 1.45. The fourth-order valence-electron chi connectivity index (χ4n) is 4.16. The molecule has 1 aliphatic heterocycles. The summed E-state index contributed by atoms with van der Waals surface area (Å²) in [6, 6.07) is 13.3. The van der Waals surface area contributed by atoms with Gasteiger partial charge < -0.3 is 5.32 Å². The zero-order valence-corrected chi connectivity index (χ0v) is 23.1. The van der Waals surface area contributed by atoms with Crippen LogP contribution in [0, 0.1) is 0 Å². The molecule has 0 saturated carbocycles. The number of amides is 1. The van der Waals surface area contributed by atoms with Crippen LogP contribution in [-0.2, 0) is 49.5 Å². The minimum atomic E-state index is -3.27. The Morgan fingerprint density at radius 3 is 2.14 bits per heavy atom. The van der Waals surface area contributed by atoms with Gasteiger partial charge in [0.1, 0.15) is 0 Å². The molecule has 2 heterocycles. The third kappa shape index (κ3) is 5.54. The smallest absolute Gasteiger partial charge is 0.230 e. The lowest BCUT2D eigenvalue weighted by molar-refractivity contribution is -0.115. The number of anilines is 1. The van der Waals surface area contributed by atoms with Gasteiger partial charge in [-0.15, -0.1) is 0 Å². The summed E-state index contributed by atoms with van der Waals surface area (Å²) in [7, 11) is -6.50. The Balaban J connectivity index is 1.40. The maximum Gasteiger partial charge on any atom is 0.230 e. The molecule has 2 aromatic carbocycles. The standard InChI is InChI=1S/C25H29N3O5S3/c1-5-36(32,33)20-12-6-17(7-13-20)14-22(29)26-24-27-23-21(34-24)16-28(25(23,2)3)15-18-8-10-19(11-9-18)35(4,30)31/h6-13H,5,14-16H2,1-4H3,(H,26,27,29). The maximum atomic E-state index is 12.6. The molecule has 36 heavy (non-hydrogen) atoms. The summed E-state index contributed by atoms with van der Waals surface area (Å²) in [6.07, 6.45) is 1.32. The molecule has 192 valence electrons. The van der Waals surface area contributed by atoms with E-state index in [4.69, 9.17) is 4.98 Å². The zero-order chi connectivity index (χ0) is 26.3. The van der Waals surface area contributed by atoms with Crippen LogP contribution in [0.4, 0.5) is 5.13 Å². The third-order valence-corrected chi connectivity index (χ3v) is 10.2. The molecule has 0 spiro atoms. The first-order valence-electron chi connectivity index (χ1n) is 11.5. The highest BCUT2D eigenvalue weighted by molar-refractivity contribution is 7.91. The van der Waals surface area contributed by atoms with Crippen molar-refractivity contribution in [2.24, 2.45) is 0 Å². The van der Waals surface area contributed by atoms with E-state index >= 15 is 0 Å². The molecule has 11 heteroatoms. The van der Waals surface area contributed by atoms with Crippen LogP contribution in [0.3, 0.4) is 0 Å². The lowest BCUT2D eigenvalue weighted by atomic mass is 10.0. The van der Waals surface area contributed by atoms with Crippen molar-refractivity contribution in [2.75, 3.05) is 17.3 Å². The predicted octanol–water partition coefficient (Wildman–Crippen LogP) is 3.77. The number of rotatable bonds is 8. The van der Waals surface area contributed by atoms with Gasteiger partial charge in [-0.3, -0.25) is 9.69 Å². The summed E-state index contributed by atoms with van der Waals surface area (Å²) in [6.45, 7) is 7.09. The second kappa shape index (κ2) is 9.70. The summed E-state index contributed by atoms with van der Waals surface area (Å²) < 4.78 is 47.3. The Bertz CT molecular complexity index is 1490. The van der Waals surface area contributed by atoms with Crippen LogP contribution in [0.25, 0.3) is 0 Å². The van der Waals surface area contributed by atoms with E-state index in [9.17, 15) is 21.6 Å². The van der Waals surface area contributed by atoms with Crippen molar-refractivity contribution in [2.45, 2.75) is 55.6 Å². The molecule has 0 unspecified atom stereocenters. The molecule has 0 bridgehead atoms. The van der Waals surface area contributed by atoms with Crippen LogP contribution in [0.1, 0.15) is 42.5 Å². The highest BCUT2D eigenvalue weighted by Gasteiger charge is 2.40. The second-order valence-electron chi connectivity index (χ2n) is 9.39. The van der Waals surface area contributed by atoms with Gasteiger partial charge in [0.05, 0.1) is 33.2 Å². The van der Waals surface area contributed by atoms with Crippen LogP contribution < -0.4 is 5.32 Å². The van der Waals surface area contributed by atoms with E-state index in [1.807, 2.05) is 12.1 Å². The number of nitrogens with zero attached hydrogens (tertiary/aromatic N) is 2. The van der Waals surface area contributed by atoms with E-state index < -0.39 is 19.7 Å². The summed E-state index contributed by atoms with van der Waals surface area (Å²) in [5, 5.41) is 3.42. The molecule has 0 radical (unpaired) electrons. The molecule has 0 aliphatic carbocycles. The van der Waals surface area contributed by atoms with Gasteiger partial charge in [0.15, 0.2) is 24.8 Å². The summed E-state index contributed by atoms with van der Waals surface area (Å²) in [5.41, 5.74) is 2.30. The molecule has 1 aromatic heterocycles. The van der Waals surface area contributed by atoms with E-state index in [2.05, 4.69) is 24.1 Å². The minimum Gasteiger partial charge on any atom is -0.302 e. The number of carbonyl (C=O) groups is 1. The number of fused-ring (bicyclic) bond motifs is 1. The molecule has 3 aromatic rings. The van der Waals surface area contributed by atoms with Gasteiger partial charge in [0.25, 0.3) is 0 Å². The molecule has 0 fully saturated rings. The van der Waals surface area contributed by atoms with Gasteiger partial charge in [-0.05, 0) is 49.2 Å².